The Hall–Kier alpha value is -1.32. The van der Waals surface area contributed by atoms with Gasteiger partial charge in [0.1, 0.15) is 0 Å². The number of rotatable bonds is 6. The molecule has 0 radical (unpaired) electrons. The molecule has 0 unspecified atom stereocenters. The normalized spacial score (nSPS) is 16.2. The first-order valence-electron chi connectivity index (χ1n) is 5.27. The Morgan fingerprint density at radius 3 is 2.67 bits per heavy atom. The topological polar surface area (TPSA) is 66.4 Å². The highest BCUT2D eigenvalue weighted by Gasteiger charge is 2.23. The zero-order valence-corrected chi connectivity index (χ0v) is 8.95. The van der Waals surface area contributed by atoms with Crippen molar-refractivity contribution < 1.29 is 14.7 Å². The van der Waals surface area contributed by atoms with Crippen molar-refractivity contribution >= 4 is 11.9 Å². The molecule has 0 heterocycles. The van der Waals surface area contributed by atoms with E-state index in [0.717, 1.165) is 5.57 Å². The number of amides is 1. The molecule has 1 saturated carbocycles. The van der Waals surface area contributed by atoms with Crippen LogP contribution >= 0.6 is 0 Å². The monoisotopic (exact) mass is 211 g/mol. The Morgan fingerprint density at radius 1 is 1.47 bits per heavy atom. The fraction of sp³-hybridized carbons (Fsp3) is 0.636. The molecular weight excluding hydrogens is 194 g/mol. The molecule has 4 heteroatoms. The summed E-state index contributed by atoms with van der Waals surface area (Å²) in [5.41, 5.74) is 1.13. The largest absolute Gasteiger partial charge is 0.481 e. The van der Waals surface area contributed by atoms with Crippen molar-refractivity contribution in [3.05, 3.63) is 11.6 Å². The molecule has 84 valence electrons. The molecule has 0 spiro atoms. The van der Waals surface area contributed by atoms with Gasteiger partial charge in [0, 0.05) is 19.0 Å². The van der Waals surface area contributed by atoms with Crippen LogP contribution in [0.4, 0.5) is 0 Å². The Morgan fingerprint density at radius 2 is 2.13 bits per heavy atom. The van der Waals surface area contributed by atoms with Crippen LogP contribution in [0.5, 0.6) is 0 Å². The van der Waals surface area contributed by atoms with Crippen molar-refractivity contribution in [2.75, 3.05) is 6.54 Å². The average molecular weight is 211 g/mol. The second-order valence-corrected chi connectivity index (χ2v) is 3.95. The van der Waals surface area contributed by atoms with Crippen molar-refractivity contribution in [3.8, 4) is 0 Å². The third-order valence-corrected chi connectivity index (χ3v) is 2.45. The second-order valence-electron chi connectivity index (χ2n) is 3.95. The molecule has 0 bridgehead atoms. The predicted molar refractivity (Wildman–Crippen MR) is 56.4 cm³/mol. The SMILES string of the molecule is C/C(=C\C(=O)NCCCC(=O)O)C1CC1. The highest BCUT2D eigenvalue weighted by molar-refractivity contribution is 5.88. The van der Waals surface area contributed by atoms with Crippen LogP contribution in [0.15, 0.2) is 11.6 Å². The van der Waals surface area contributed by atoms with Gasteiger partial charge in [0.15, 0.2) is 0 Å². The lowest BCUT2D eigenvalue weighted by atomic mass is 10.2. The molecule has 1 aliphatic rings. The number of aliphatic carboxylic acids is 1. The summed E-state index contributed by atoms with van der Waals surface area (Å²) in [6, 6.07) is 0. The third-order valence-electron chi connectivity index (χ3n) is 2.45. The van der Waals surface area contributed by atoms with Gasteiger partial charge < -0.3 is 10.4 Å². The number of allylic oxidation sites excluding steroid dienone is 1. The third kappa shape index (κ3) is 5.20. The molecule has 4 nitrogen and oxygen atoms in total. The van der Waals surface area contributed by atoms with Crippen LogP contribution in [0, 0.1) is 5.92 Å². The molecule has 0 saturated heterocycles. The first-order valence-corrected chi connectivity index (χ1v) is 5.27. The summed E-state index contributed by atoms with van der Waals surface area (Å²) < 4.78 is 0. The lowest BCUT2D eigenvalue weighted by Gasteiger charge is -2.01. The highest BCUT2D eigenvalue weighted by Crippen LogP contribution is 2.35. The fourth-order valence-electron chi connectivity index (χ4n) is 1.37. The van der Waals surface area contributed by atoms with Crippen LogP contribution in [-0.4, -0.2) is 23.5 Å². The maximum absolute atomic E-state index is 11.3. The summed E-state index contributed by atoms with van der Waals surface area (Å²) in [7, 11) is 0. The number of carboxylic acid groups (broad SMARTS) is 1. The standard InChI is InChI=1S/C11H17NO3/c1-8(9-4-5-9)7-10(13)12-6-2-3-11(14)15/h7,9H,2-6H2,1H3,(H,12,13)(H,14,15)/b8-7+. The van der Waals surface area contributed by atoms with Gasteiger partial charge in [0.05, 0.1) is 0 Å². The molecule has 0 aromatic heterocycles. The Balaban J connectivity index is 2.12. The molecule has 0 aliphatic heterocycles. The number of nitrogens with one attached hydrogen (secondary N) is 1. The van der Waals surface area contributed by atoms with Crippen molar-refractivity contribution in [1.82, 2.24) is 5.32 Å². The van der Waals surface area contributed by atoms with E-state index in [9.17, 15) is 9.59 Å². The van der Waals surface area contributed by atoms with Gasteiger partial charge in [-0.3, -0.25) is 9.59 Å². The minimum Gasteiger partial charge on any atom is -0.481 e. The summed E-state index contributed by atoms with van der Waals surface area (Å²) in [6.45, 7) is 2.40. The van der Waals surface area contributed by atoms with Crippen molar-refractivity contribution in [1.29, 1.82) is 0 Å². The smallest absolute Gasteiger partial charge is 0.303 e. The molecule has 0 atom stereocenters. The van der Waals surface area contributed by atoms with E-state index in [1.165, 1.54) is 12.8 Å². The average Bonchev–Trinajstić information content (AvgIpc) is 2.94. The van der Waals surface area contributed by atoms with Gasteiger partial charge in [0.2, 0.25) is 5.91 Å². The molecule has 0 aromatic rings. The predicted octanol–water partition coefficient (Wildman–Crippen LogP) is 1.32. The van der Waals surface area contributed by atoms with Gasteiger partial charge in [-0.05, 0) is 32.1 Å². The van der Waals surface area contributed by atoms with Crippen LogP contribution < -0.4 is 5.32 Å². The Bertz CT molecular complexity index is 280. The molecule has 1 rings (SSSR count). The molecule has 0 aromatic carbocycles. The van der Waals surface area contributed by atoms with Crippen LogP contribution in [-0.2, 0) is 9.59 Å². The van der Waals surface area contributed by atoms with Gasteiger partial charge in [0.25, 0.3) is 0 Å². The minimum absolute atomic E-state index is 0.103. The van der Waals surface area contributed by atoms with E-state index in [-0.39, 0.29) is 12.3 Å². The highest BCUT2D eigenvalue weighted by atomic mass is 16.4. The van der Waals surface area contributed by atoms with E-state index >= 15 is 0 Å². The number of carbonyl (C=O) groups is 2. The Kier molecular flexibility index (Phi) is 4.34. The molecule has 2 N–H and O–H groups in total. The number of carbonyl (C=O) groups excluding carboxylic acids is 1. The summed E-state index contributed by atoms with van der Waals surface area (Å²) in [6.07, 6.45) is 4.59. The number of hydrogen-bond acceptors (Lipinski definition) is 2. The van der Waals surface area contributed by atoms with E-state index in [1.54, 1.807) is 6.08 Å². The molecule has 1 aliphatic carbocycles. The fourth-order valence-corrected chi connectivity index (χ4v) is 1.37. The van der Waals surface area contributed by atoms with Crippen LogP contribution in [0.25, 0.3) is 0 Å². The minimum atomic E-state index is -0.825. The van der Waals surface area contributed by atoms with Gasteiger partial charge in [-0.15, -0.1) is 0 Å². The van der Waals surface area contributed by atoms with E-state index < -0.39 is 5.97 Å². The summed E-state index contributed by atoms with van der Waals surface area (Å²) in [5.74, 6) is -0.325. The second kappa shape index (κ2) is 5.53. The molecule has 15 heavy (non-hydrogen) atoms. The first kappa shape index (κ1) is 11.8. The maximum atomic E-state index is 11.3. The van der Waals surface area contributed by atoms with Gasteiger partial charge in [-0.1, -0.05) is 5.57 Å². The number of hydrogen-bond donors (Lipinski definition) is 2. The van der Waals surface area contributed by atoms with E-state index in [1.807, 2.05) is 6.92 Å². The van der Waals surface area contributed by atoms with Gasteiger partial charge in [-0.25, -0.2) is 0 Å². The van der Waals surface area contributed by atoms with Crippen molar-refractivity contribution in [2.45, 2.75) is 32.6 Å². The lowest BCUT2D eigenvalue weighted by Crippen LogP contribution is -2.23. The van der Waals surface area contributed by atoms with E-state index in [4.69, 9.17) is 5.11 Å². The van der Waals surface area contributed by atoms with E-state index in [0.29, 0.717) is 18.9 Å². The first-order chi connectivity index (χ1) is 7.09. The van der Waals surface area contributed by atoms with Gasteiger partial charge in [-0.2, -0.15) is 0 Å². The number of carboxylic acids is 1. The van der Waals surface area contributed by atoms with Gasteiger partial charge >= 0.3 is 5.97 Å². The zero-order chi connectivity index (χ0) is 11.3. The summed E-state index contributed by atoms with van der Waals surface area (Å²) >= 11 is 0. The van der Waals surface area contributed by atoms with Crippen molar-refractivity contribution in [3.63, 3.8) is 0 Å². The quantitative estimate of drug-likeness (QED) is 0.514. The van der Waals surface area contributed by atoms with E-state index in [2.05, 4.69) is 5.32 Å². The molecule has 1 amide bonds. The molecular formula is C11H17NO3. The Labute approximate surface area is 89.4 Å². The van der Waals surface area contributed by atoms with Crippen LogP contribution in [0.2, 0.25) is 0 Å². The van der Waals surface area contributed by atoms with Crippen LogP contribution in [0.1, 0.15) is 32.6 Å². The lowest BCUT2D eigenvalue weighted by molar-refractivity contribution is -0.137. The zero-order valence-electron chi connectivity index (χ0n) is 8.95. The molecule has 1 fully saturated rings. The van der Waals surface area contributed by atoms with Crippen molar-refractivity contribution in [2.24, 2.45) is 5.92 Å². The maximum Gasteiger partial charge on any atom is 0.303 e. The summed E-state index contributed by atoms with van der Waals surface area (Å²) in [4.78, 5) is 21.5. The van der Waals surface area contributed by atoms with Crippen LogP contribution in [0.3, 0.4) is 0 Å². The summed E-state index contributed by atoms with van der Waals surface area (Å²) in [5, 5.41) is 11.1.